The monoisotopic (exact) mass is 336 g/mol. The highest BCUT2D eigenvalue weighted by Crippen LogP contribution is 2.26. The number of halogens is 1. The van der Waals surface area contributed by atoms with Gasteiger partial charge in [-0.25, -0.2) is 4.98 Å². The zero-order valence-corrected chi connectivity index (χ0v) is 13.1. The summed E-state index contributed by atoms with van der Waals surface area (Å²) in [7, 11) is 0. The zero-order chi connectivity index (χ0) is 14.4. The Labute approximate surface area is 131 Å². The largest absolute Gasteiger partial charge is 0.338 e. The van der Waals surface area contributed by atoms with Gasteiger partial charge in [-0.1, -0.05) is 40.2 Å². The molecule has 0 amide bonds. The van der Waals surface area contributed by atoms with Crippen LogP contribution in [0, 0.1) is 6.92 Å². The van der Waals surface area contributed by atoms with E-state index >= 15 is 0 Å². The average molecular weight is 337 g/mol. The number of aromatic amines is 1. The summed E-state index contributed by atoms with van der Waals surface area (Å²) in [6.07, 6.45) is 0. The van der Waals surface area contributed by atoms with Gasteiger partial charge in [-0.15, -0.1) is 0 Å². The van der Waals surface area contributed by atoms with E-state index in [2.05, 4.69) is 87.4 Å². The molecule has 1 heterocycles. The number of aryl methyl sites for hydroxylation is 1. The Morgan fingerprint density at radius 1 is 0.905 bits per heavy atom. The van der Waals surface area contributed by atoms with Gasteiger partial charge in [0.15, 0.2) is 0 Å². The molecule has 0 bridgehead atoms. The lowest BCUT2D eigenvalue weighted by Gasteiger charge is -2.01. The van der Waals surface area contributed by atoms with E-state index in [1.54, 1.807) is 0 Å². The van der Waals surface area contributed by atoms with Crippen LogP contribution in [0.2, 0.25) is 0 Å². The van der Waals surface area contributed by atoms with Gasteiger partial charge in [0.2, 0.25) is 0 Å². The molecular weight excluding hydrogens is 324 g/mol. The van der Waals surface area contributed by atoms with Gasteiger partial charge in [0.25, 0.3) is 0 Å². The van der Waals surface area contributed by atoms with Gasteiger partial charge in [-0.3, -0.25) is 0 Å². The number of fused-ring (bicyclic) bond motifs is 2. The Morgan fingerprint density at radius 3 is 2.62 bits per heavy atom. The molecule has 0 spiro atoms. The van der Waals surface area contributed by atoms with Crippen molar-refractivity contribution < 1.29 is 0 Å². The highest BCUT2D eigenvalue weighted by atomic mass is 79.9. The summed E-state index contributed by atoms with van der Waals surface area (Å²) in [5.74, 6) is 0.917. The maximum Gasteiger partial charge on any atom is 0.138 e. The number of hydrogen-bond acceptors (Lipinski definition) is 1. The molecule has 3 aromatic carbocycles. The van der Waals surface area contributed by atoms with Crippen molar-refractivity contribution in [3.8, 4) is 11.4 Å². The summed E-state index contributed by atoms with van der Waals surface area (Å²) >= 11 is 3.51. The van der Waals surface area contributed by atoms with Gasteiger partial charge in [0.05, 0.1) is 11.0 Å². The molecule has 0 fully saturated rings. The number of nitrogens with zero attached hydrogens (tertiary/aromatic N) is 1. The highest BCUT2D eigenvalue weighted by molar-refractivity contribution is 9.10. The first kappa shape index (κ1) is 12.6. The van der Waals surface area contributed by atoms with Gasteiger partial charge < -0.3 is 4.98 Å². The van der Waals surface area contributed by atoms with E-state index < -0.39 is 0 Å². The zero-order valence-electron chi connectivity index (χ0n) is 11.5. The second-order valence-corrected chi connectivity index (χ2v) is 6.23. The highest BCUT2D eigenvalue weighted by Gasteiger charge is 2.06. The normalized spacial score (nSPS) is 11.3. The number of imidazole rings is 1. The number of rotatable bonds is 1. The summed E-state index contributed by atoms with van der Waals surface area (Å²) < 4.78 is 1.10. The summed E-state index contributed by atoms with van der Waals surface area (Å²) in [5, 5.41) is 2.44. The molecule has 2 nitrogen and oxygen atoms in total. The lowest BCUT2D eigenvalue weighted by Crippen LogP contribution is -1.81. The quantitative estimate of drug-likeness (QED) is 0.491. The average Bonchev–Trinajstić information content (AvgIpc) is 2.89. The van der Waals surface area contributed by atoms with Crippen molar-refractivity contribution in [2.75, 3.05) is 0 Å². The summed E-state index contributed by atoms with van der Waals surface area (Å²) in [4.78, 5) is 8.09. The van der Waals surface area contributed by atoms with E-state index in [4.69, 9.17) is 0 Å². The molecule has 1 N–H and O–H groups in total. The van der Waals surface area contributed by atoms with Crippen LogP contribution in [0.3, 0.4) is 0 Å². The first-order valence-corrected chi connectivity index (χ1v) is 7.64. The van der Waals surface area contributed by atoms with Gasteiger partial charge in [0, 0.05) is 10.0 Å². The Morgan fingerprint density at radius 2 is 1.71 bits per heavy atom. The fraction of sp³-hybridized carbons (Fsp3) is 0.0556. The first-order valence-electron chi connectivity index (χ1n) is 6.85. The molecule has 102 valence electrons. The fourth-order valence-corrected chi connectivity index (χ4v) is 3.00. The molecule has 0 atom stereocenters. The minimum absolute atomic E-state index is 0.917. The lowest BCUT2D eigenvalue weighted by atomic mass is 10.1. The predicted molar refractivity (Wildman–Crippen MR) is 91.5 cm³/mol. The second kappa shape index (κ2) is 4.71. The van der Waals surface area contributed by atoms with Crippen LogP contribution < -0.4 is 0 Å². The molecule has 4 aromatic rings. The van der Waals surface area contributed by atoms with Crippen molar-refractivity contribution in [1.29, 1.82) is 0 Å². The Balaban J connectivity index is 1.89. The predicted octanol–water partition coefficient (Wildman–Crippen LogP) is 5.45. The number of aromatic nitrogens is 2. The van der Waals surface area contributed by atoms with E-state index in [0.29, 0.717) is 0 Å². The summed E-state index contributed by atoms with van der Waals surface area (Å²) in [6, 6.07) is 19.0. The number of nitrogens with one attached hydrogen (secondary N) is 1. The molecular formula is C18H13BrN2. The van der Waals surface area contributed by atoms with Crippen LogP contribution in [-0.2, 0) is 0 Å². The molecule has 0 aliphatic carbocycles. The molecule has 21 heavy (non-hydrogen) atoms. The van der Waals surface area contributed by atoms with Crippen LogP contribution in [0.5, 0.6) is 0 Å². The van der Waals surface area contributed by atoms with Crippen LogP contribution in [-0.4, -0.2) is 9.97 Å². The van der Waals surface area contributed by atoms with Gasteiger partial charge in [0.1, 0.15) is 5.82 Å². The summed E-state index contributed by atoms with van der Waals surface area (Å²) in [5.41, 5.74) is 4.44. The molecule has 0 aliphatic heterocycles. The molecule has 0 radical (unpaired) electrons. The molecule has 4 rings (SSSR count). The van der Waals surface area contributed by atoms with E-state index in [-0.39, 0.29) is 0 Å². The van der Waals surface area contributed by atoms with Crippen molar-refractivity contribution in [3.05, 3.63) is 64.6 Å². The maximum absolute atomic E-state index is 4.68. The van der Waals surface area contributed by atoms with E-state index in [9.17, 15) is 0 Å². The van der Waals surface area contributed by atoms with Crippen LogP contribution in [0.15, 0.2) is 59.1 Å². The maximum atomic E-state index is 4.68. The third kappa shape index (κ3) is 2.24. The molecule has 3 heteroatoms. The topological polar surface area (TPSA) is 28.7 Å². The Bertz CT molecular complexity index is 969. The Hall–Kier alpha value is -2.13. The Kier molecular flexibility index (Phi) is 2.82. The molecule has 0 aliphatic rings. The molecule has 0 unspecified atom stereocenters. The minimum atomic E-state index is 0.917. The summed E-state index contributed by atoms with van der Waals surface area (Å²) in [6.45, 7) is 2.09. The van der Waals surface area contributed by atoms with Crippen molar-refractivity contribution in [3.63, 3.8) is 0 Å². The van der Waals surface area contributed by atoms with Gasteiger partial charge in [-0.2, -0.15) is 0 Å². The molecule has 1 aromatic heterocycles. The number of H-pyrrole nitrogens is 1. The van der Waals surface area contributed by atoms with Crippen LogP contribution in [0.1, 0.15) is 5.56 Å². The smallest absolute Gasteiger partial charge is 0.138 e. The number of hydrogen-bond donors (Lipinski definition) is 1. The first-order chi connectivity index (χ1) is 10.2. The third-order valence-electron chi connectivity index (χ3n) is 3.71. The standard InChI is InChI=1S/C18H13BrN2/c1-11-2-7-16-17(8-11)21-18(20-16)14-4-3-13-10-15(19)6-5-12(13)9-14/h2-10H,1H3,(H,20,21). The SMILES string of the molecule is Cc1ccc2nc(-c3ccc4cc(Br)ccc4c3)[nH]c2c1. The van der Waals surface area contributed by atoms with Gasteiger partial charge >= 0.3 is 0 Å². The number of benzene rings is 3. The third-order valence-corrected chi connectivity index (χ3v) is 4.21. The molecule has 0 saturated carbocycles. The molecule has 0 saturated heterocycles. The van der Waals surface area contributed by atoms with Crippen LogP contribution >= 0.6 is 15.9 Å². The van der Waals surface area contributed by atoms with Crippen molar-refractivity contribution >= 4 is 37.7 Å². The van der Waals surface area contributed by atoms with Crippen molar-refractivity contribution in [2.45, 2.75) is 6.92 Å². The van der Waals surface area contributed by atoms with E-state index in [0.717, 1.165) is 26.9 Å². The van der Waals surface area contributed by atoms with Gasteiger partial charge in [-0.05, 0) is 53.6 Å². The van der Waals surface area contributed by atoms with E-state index in [1.807, 2.05) is 0 Å². The van der Waals surface area contributed by atoms with Crippen molar-refractivity contribution in [1.82, 2.24) is 9.97 Å². The van der Waals surface area contributed by atoms with Crippen LogP contribution in [0.4, 0.5) is 0 Å². The second-order valence-electron chi connectivity index (χ2n) is 5.31. The van der Waals surface area contributed by atoms with E-state index in [1.165, 1.54) is 16.3 Å². The minimum Gasteiger partial charge on any atom is -0.338 e. The van der Waals surface area contributed by atoms with Crippen LogP contribution in [0.25, 0.3) is 33.2 Å². The van der Waals surface area contributed by atoms with Crippen molar-refractivity contribution in [2.24, 2.45) is 0 Å². The lowest BCUT2D eigenvalue weighted by molar-refractivity contribution is 1.34. The fourth-order valence-electron chi connectivity index (χ4n) is 2.62.